The van der Waals surface area contributed by atoms with E-state index in [1.54, 1.807) is 6.08 Å². The standard InChI is InChI=1S/C42H79NO6S/c1-3-5-7-9-11-13-15-17-19-21-23-24-26-28-30-32-34-36-40(44)39(38-50(47,48)49)43-42(46)41(45)37-35-33-31-29-27-25-22-20-18-16-14-12-10-8-6-4-2/h18,20,26,28,34,36,39-41,44-45H,3-17,19,21-25,27,29-33,35,37-38H2,1-2H3,(H,43,46)(H,47,48,49)/b20-18-,28-26+,36-34+. The lowest BCUT2D eigenvalue weighted by Gasteiger charge is -2.22. The average Bonchev–Trinajstić information content (AvgIpc) is 3.08. The van der Waals surface area contributed by atoms with Gasteiger partial charge in [0.05, 0.1) is 17.9 Å². The Morgan fingerprint density at radius 1 is 0.540 bits per heavy atom. The number of nitrogens with one attached hydrogen (secondary N) is 1. The topological polar surface area (TPSA) is 124 Å². The fraction of sp³-hybridized carbons (Fsp3) is 0.833. The van der Waals surface area contributed by atoms with Crippen molar-refractivity contribution in [2.24, 2.45) is 0 Å². The quantitative estimate of drug-likeness (QED) is 0.0287. The second-order valence-electron chi connectivity index (χ2n) is 14.4. The van der Waals surface area contributed by atoms with E-state index in [1.807, 2.05) is 0 Å². The molecule has 0 saturated heterocycles. The first-order valence-electron chi connectivity index (χ1n) is 20.8. The summed E-state index contributed by atoms with van der Waals surface area (Å²) in [5.41, 5.74) is 0. The Bertz CT molecular complexity index is 948. The van der Waals surface area contributed by atoms with Gasteiger partial charge in [0.2, 0.25) is 5.91 Å². The molecule has 294 valence electrons. The molecule has 8 heteroatoms. The molecule has 0 spiro atoms. The third-order valence-electron chi connectivity index (χ3n) is 9.40. The summed E-state index contributed by atoms with van der Waals surface area (Å²) >= 11 is 0. The van der Waals surface area contributed by atoms with Gasteiger partial charge in [-0.1, -0.05) is 179 Å². The molecule has 50 heavy (non-hydrogen) atoms. The Morgan fingerprint density at radius 3 is 1.32 bits per heavy atom. The highest BCUT2D eigenvalue weighted by molar-refractivity contribution is 7.85. The van der Waals surface area contributed by atoms with E-state index in [0.29, 0.717) is 12.8 Å². The molecule has 0 bridgehead atoms. The first-order valence-corrected chi connectivity index (χ1v) is 22.4. The van der Waals surface area contributed by atoms with Gasteiger partial charge in [-0.15, -0.1) is 0 Å². The fourth-order valence-electron chi connectivity index (χ4n) is 6.17. The Kier molecular flexibility index (Phi) is 34.8. The molecule has 0 aromatic heterocycles. The van der Waals surface area contributed by atoms with Crippen LogP contribution in [0.15, 0.2) is 36.5 Å². The zero-order chi connectivity index (χ0) is 37.0. The van der Waals surface area contributed by atoms with Gasteiger partial charge in [-0.2, -0.15) is 8.42 Å². The van der Waals surface area contributed by atoms with Crippen LogP contribution in [0.3, 0.4) is 0 Å². The van der Waals surface area contributed by atoms with Gasteiger partial charge in [0, 0.05) is 0 Å². The predicted octanol–water partition coefficient (Wildman–Crippen LogP) is 11.1. The largest absolute Gasteiger partial charge is 0.387 e. The number of unbranched alkanes of at least 4 members (excludes halogenated alkanes) is 24. The van der Waals surface area contributed by atoms with Crippen LogP contribution in [0.2, 0.25) is 0 Å². The molecule has 0 aromatic carbocycles. The lowest BCUT2D eigenvalue weighted by molar-refractivity contribution is -0.130. The van der Waals surface area contributed by atoms with E-state index in [2.05, 4.69) is 43.5 Å². The van der Waals surface area contributed by atoms with Gasteiger partial charge < -0.3 is 15.5 Å². The molecule has 0 radical (unpaired) electrons. The first kappa shape index (κ1) is 48.5. The van der Waals surface area contributed by atoms with E-state index in [1.165, 1.54) is 134 Å². The number of hydrogen-bond acceptors (Lipinski definition) is 5. The molecular weight excluding hydrogens is 647 g/mol. The number of hydrogen-bond donors (Lipinski definition) is 4. The van der Waals surface area contributed by atoms with Crippen molar-refractivity contribution in [3.63, 3.8) is 0 Å². The number of allylic oxidation sites excluding steroid dienone is 5. The summed E-state index contributed by atoms with van der Waals surface area (Å²) in [7, 11) is -4.45. The number of aliphatic hydroxyl groups is 2. The summed E-state index contributed by atoms with van der Waals surface area (Å²) in [5.74, 6) is -1.56. The third-order valence-corrected chi connectivity index (χ3v) is 10.2. The van der Waals surface area contributed by atoms with Crippen molar-refractivity contribution in [1.82, 2.24) is 5.32 Å². The summed E-state index contributed by atoms with van der Waals surface area (Å²) in [6, 6.07) is -1.25. The van der Waals surface area contributed by atoms with Crippen LogP contribution in [-0.4, -0.2) is 53.1 Å². The Hall–Kier alpha value is -1.48. The van der Waals surface area contributed by atoms with E-state index in [9.17, 15) is 28.0 Å². The maximum absolute atomic E-state index is 12.6. The Labute approximate surface area is 309 Å². The molecule has 4 N–H and O–H groups in total. The van der Waals surface area contributed by atoms with Gasteiger partial charge in [-0.3, -0.25) is 9.35 Å². The van der Waals surface area contributed by atoms with Gasteiger partial charge in [-0.05, 0) is 57.8 Å². The smallest absolute Gasteiger partial charge is 0.267 e. The zero-order valence-corrected chi connectivity index (χ0v) is 33.2. The highest BCUT2D eigenvalue weighted by Crippen LogP contribution is 2.14. The summed E-state index contributed by atoms with van der Waals surface area (Å²) in [6.45, 7) is 4.50. The molecule has 1 amide bonds. The van der Waals surface area contributed by atoms with E-state index >= 15 is 0 Å². The number of rotatable bonds is 37. The Balaban J connectivity index is 4.10. The highest BCUT2D eigenvalue weighted by Gasteiger charge is 2.27. The molecule has 0 rings (SSSR count). The van der Waals surface area contributed by atoms with Crippen LogP contribution < -0.4 is 5.32 Å². The maximum Gasteiger partial charge on any atom is 0.267 e. The first-order chi connectivity index (χ1) is 24.2. The monoisotopic (exact) mass is 726 g/mol. The minimum atomic E-state index is -4.45. The van der Waals surface area contributed by atoms with Gasteiger partial charge in [0.1, 0.15) is 6.10 Å². The van der Waals surface area contributed by atoms with Crippen LogP contribution in [0.1, 0.15) is 200 Å². The number of aliphatic hydroxyl groups excluding tert-OH is 2. The molecule has 0 aliphatic heterocycles. The van der Waals surface area contributed by atoms with Crippen molar-refractivity contribution >= 4 is 16.0 Å². The number of carbonyl (C=O) groups excluding carboxylic acids is 1. The van der Waals surface area contributed by atoms with Crippen molar-refractivity contribution in [1.29, 1.82) is 0 Å². The lowest BCUT2D eigenvalue weighted by Crippen LogP contribution is -2.50. The van der Waals surface area contributed by atoms with Crippen LogP contribution >= 0.6 is 0 Å². The summed E-state index contributed by atoms with van der Waals surface area (Å²) in [4.78, 5) is 12.6. The fourth-order valence-corrected chi connectivity index (χ4v) is 6.91. The number of carbonyl (C=O) groups is 1. The van der Waals surface area contributed by atoms with Crippen LogP contribution in [0.4, 0.5) is 0 Å². The highest BCUT2D eigenvalue weighted by atomic mass is 32.2. The van der Waals surface area contributed by atoms with Crippen LogP contribution in [0, 0.1) is 0 Å². The van der Waals surface area contributed by atoms with Gasteiger partial charge in [0.15, 0.2) is 0 Å². The summed E-state index contributed by atoms with van der Waals surface area (Å²) in [6.07, 6.45) is 43.4. The van der Waals surface area contributed by atoms with Crippen LogP contribution in [0.5, 0.6) is 0 Å². The molecule has 0 fully saturated rings. The van der Waals surface area contributed by atoms with E-state index in [4.69, 9.17) is 0 Å². The molecule has 0 aliphatic carbocycles. The van der Waals surface area contributed by atoms with Crippen molar-refractivity contribution < 1.29 is 28.0 Å². The van der Waals surface area contributed by atoms with Crippen molar-refractivity contribution in [2.45, 2.75) is 218 Å². The minimum absolute atomic E-state index is 0.267. The van der Waals surface area contributed by atoms with Gasteiger partial charge in [0.25, 0.3) is 10.1 Å². The molecule has 0 heterocycles. The van der Waals surface area contributed by atoms with E-state index < -0.39 is 40.0 Å². The van der Waals surface area contributed by atoms with Crippen molar-refractivity contribution in [3.8, 4) is 0 Å². The second-order valence-corrected chi connectivity index (χ2v) is 15.9. The lowest BCUT2D eigenvalue weighted by atomic mass is 10.0. The molecular formula is C42H79NO6S. The van der Waals surface area contributed by atoms with Crippen LogP contribution in [-0.2, 0) is 14.9 Å². The van der Waals surface area contributed by atoms with Gasteiger partial charge in [-0.25, -0.2) is 0 Å². The normalized spacial score (nSPS) is 14.3. The minimum Gasteiger partial charge on any atom is -0.387 e. The van der Waals surface area contributed by atoms with Crippen LogP contribution in [0.25, 0.3) is 0 Å². The molecule has 0 aromatic rings. The predicted molar refractivity (Wildman–Crippen MR) is 213 cm³/mol. The molecule has 0 aliphatic rings. The molecule has 7 nitrogen and oxygen atoms in total. The van der Waals surface area contributed by atoms with E-state index in [-0.39, 0.29) is 6.42 Å². The molecule has 3 atom stereocenters. The van der Waals surface area contributed by atoms with Crippen molar-refractivity contribution in [3.05, 3.63) is 36.5 Å². The second kappa shape index (κ2) is 35.9. The third kappa shape index (κ3) is 34.9. The average molecular weight is 726 g/mol. The zero-order valence-electron chi connectivity index (χ0n) is 32.4. The maximum atomic E-state index is 12.6. The van der Waals surface area contributed by atoms with E-state index in [0.717, 1.165) is 38.5 Å². The summed E-state index contributed by atoms with van der Waals surface area (Å²) < 4.78 is 32.5. The Morgan fingerprint density at radius 2 is 0.900 bits per heavy atom. The van der Waals surface area contributed by atoms with Gasteiger partial charge >= 0.3 is 0 Å². The summed E-state index contributed by atoms with van der Waals surface area (Å²) in [5, 5.41) is 23.4. The number of amides is 1. The molecule has 3 unspecified atom stereocenters. The molecule has 0 saturated carbocycles. The SMILES string of the molecule is CCCCCCCC/C=C\CCCCCCCCC(O)C(=O)NC(CS(=O)(=O)O)C(O)/C=C/CC/C=C/CCCCCCCCCCCCC. The van der Waals surface area contributed by atoms with Crippen molar-refractivity contribution in [2.75, 3.05) is 5.75 Å².